The number of H-pyrrole nitrogens is 1. The van der Waals surface area contributed by atoms with Crippen molar-refractivity contribution in [2.75, 3.05) is 0 Å². The zero-order valence-electron chi connectivity index (χ0n) is 7.03. The van der Waals surface area contributed by atoms with Crippen LogP contribution in [0.5, 0.6) is 0 Å². The molecule has 2 aromatic rings. The van der Waals surface area contributed by atoms with E-state index in [1.807, 2.05) is 6.07 Å². The molecule has 14 heavy (non-hydrogen) atoms. The molecule has 0 aliphatic rings. The van der Waals surface area contributed by atoms with Crippen LogP contribution < -0.4 is 0 Å². The maximum absolute atomic E-state index is 11.5. The van der Waals surface area contributed by atoms with E-state index in [1.165, 1.54) is 17.7 Å². The van der Waals surface area contributed by atoms with Gasteiger partial charge in [-0.3, -0.25) is 9.89 Å². The molecule has 0 bridgehead atoms. The summed E-state index contributed by atoms with van der Waals surface area (Å²) in [5.41, 5.74) is 0. The highest BCUT2D eigenvalue weighted by Gasteiger charge is 2.10. The summed E-state index contributed by atoms with van der Waals surface area (Å²) in [6.07, 6.45) is 1.63. The van der Waals surface area contributed by atoms with E-state index < -0.39 is 0 Å². The van der Waals surface area contributed by atoms with Gasteiger partial charge in [-0.2, -0.15) is 5.10 Å². The summed E-state index contributed by atoms with van der Waals surface area (Å²) >= 11 is 7.14. The summed E-state index contributed by atoms with van der Waals surface area (Å²) in [6.45, 7) is 0. The number of aromatic nitrogens is 3. The molecule has 0 atom stereocenters. The van der Waals surface area contributed by atoms with E-state index in [0.717, 1.165) is 4.88 Å². The Morgan fingerprint density at radius 2 is 2.43 bits per heavy atom. The first-order chi connectivity index (χ1) is 6.75. The van der Waals surface area contributed by atoms with E-state index in [-0.39, 0.29) is 11.6 Å². The number of Topliss-reactive ketones (excluding diaryl/α,β-unsaturated/α-hetero) is 1. The zero-order chi connectivity index (χ0) is 9.97. The number of carbonyl (C=O) groups excluding carboxylic acids is 1. The maximum Gasteiger partial charge on any atom is 0.204 e. The molecule has 72 valence electrons. The largest absolute Gasteiger partial charge is 0.290 e. The number of carbonyl (C=O) groups is 1. The van der Waals surface area contributed by atoms with Gasteiger partial charge in [0.25, 0.3) is 0 Å². The number of aromatic amines is 1. The van der Waals surface area contributed by atoms with E-state index >= 15 is 0 Å². The van der Waals surface area contributed by atoms with Crippen LogP contribution in [0.2, 0.25) is 4.34 Å². The second-order valence-electron chi connectivity index (χ2n) is 2.64. The molecule has 1 N–H and O–H groups in total. The zero-order valence-corrected chi connectivity index (χ0v) is 8.60. The molecule has 0 radical (unpaired) electrons. The van der Waals surface area contributed by atoms with Gasteiger partial charge in [-0.25, -0.2) is 4.98 Å². The van der Waals surface area contributed by atoms with Crippen LogP contribution in [0, 0.1) is 0 Å². The molecule has 2 rings (SSSR count). The van der Waals surface area contributed by atoms with Crippen molar-refractivity contribution in [1.82, 2.24) is 15.2 Å². The average molecular weight is 228 g/mol. The topological polar surface area (TPSA) is 58.6 Å². The van der Waals surface area contributed by atoms with Gasteiger partial charge in [-0.15, -0.1) is 11.3 Å². The summed E-state index contributed by atoms with van der Waals surface area (Å²) in [5.74, 6) is 0.204. The number of hydrogen-bond acceptors (Lipinski definition) is 4. The molecule has 0 amide bonds. The van der Waals surface area contributed by atoms with Crippen LogP contribution >= 0.6 is 22.9 Å². The highest BCUT2D eigenvalue weighted by molar-refractivity contribution is 7.16. The summed E-state index contributed by atoms with van der Waals surface area (Å²) in [6, 6.07) is 3.61. The van der Waals surface area contributed by atoms with Crippen molar-refractivity contribution in [3.8, 4) is 0 Å². The molecule has 0 unspecified atom stereocenters. The Morgan fingerprint density at radius 3 is 3.00 bits per heavy atom. The van der Waals surface area contributed by atoms with Gasteiger partial charge < -0.3 is 0 Å². The molecule has 0 fully saturated rings. The molecule has 6 heteroatoms. The number of nitrogens with one attached hydrogen (secondary N) is 1. The van der Waals surface area contributed by atoms with Crippen LogP contribution in [0.25, 0.3) is 0 Å². The monoisotopic (exact) mass is 227 g/mol. The molecule has 0 aromatic carbocycles. The molecule has 0 saturated heterocycles. The Morgan fingerprint density at radius 1 is 1.57 bits per heavy atom. The lowest BCUT2D eigenvalue weighted by Crippen LogP contribution is -2.04. The Labute approximate surface area is 88.9 Å². The average Bonchev–Trinajstić information content (AvgIpc) is 2.75. The van der Waals surface area contributed by atoms with Crippen molar-refractivity contribution in [3.63, 3.8) is 0 Å². The highest BCUT2D eigenvalue weighted by atomic mass is 35.5. The summed E-state index contributed by atoms with van der Waals surface area (Å²) in [4.78, 5) is 16.2. The van der Waals surface area contributed by atoms with E-state index in [1.54, 1.807) is 6.07 Å². The van der Waals surface area contributed by atoms with E-state index in [4.69, 9.17) is 11.6 Å². The fourth-order valence-electron chi connectivity index (χ4n) is 1.03. The van der Waals surface area contributed by atoms with Gasteiger partial charge in [0.1, 0.15) is 6.33 Å². The maximum atomic E-state index is 11.5. The quantitative estimate of drug-likeness (QED) is 0.816. The van der Waals surface area contributed by atoms with Crippen molar-refractivity contribution in [3.05, 3.63) is 33.5 Å². The molecule has 4 nitrogen and oxygen atoms in total. The normalized spacial score (nSPS) is 10.4. The Hall–Kier alpha value is -1.20. The van der Waals surface area contributed by atoms with E-state index in [9.17, 15) is 4.79 Å². The van der Waals surface area contributed by atoms with E-state index in [2.05, 4.69) is 15.2 Å². The molecular weight excluding hydrogens is 222 g/mol. The van der Waals surface area contributed by atoms with Crippen molar-refractivity contribution < 1.29 is 4.79 Å². The van der Waals surface area contributed by atoms with Crippen molar-refractivity contribution in [2.45, 2.75) is 6.42 Å². The van der Waals surface area contributed by atoms with E-state index in [0.29, 0.717) is 10.8 Å². The Balaban J connectivity index is 2.09. The molecular formula is C8H6ClN3OS. The molecule has 2 aromatic heterocycles. The molecule has 2 heterocycles. The second kappa shape index (κ2) is 3.89. The number of ketones is 1. The third-order valence-electron chi connectivity index (χ3n) is 1.64. The van der Waals surface area contributed by atoms with Crippen LogP contribution in [0.15, 0.2) is 18.5 Å². The highest BCUT2D eigenvalue weighted by Crippen LogP contribution is 2.22. The van der Waals surface area contributed by atoms with Gasteiger partial charge in [-0.05, 0) is 12.1 Å². The first-order valence-electron chi connectivity index (χ1n) is 3.88. The fraction of sp³-hybridized carbons (Fsp3) is 0.125. The molecule has 0 saturated carbocycles. The Kier molecular flexibility index (Phi) is 2.60. The standard InChI is InChI=1S/C8H6ClN3OS/c9-7-2-1-5(14-7)3-6(13)8-10-4-11-12-8/h1-2,4H,3H2,(H,10,11,12). The van der Waals surface area contributed by atoms with Crippen LogP contribution in [-0.4, -0.2) is 21.0 Å². The lowest BCUT2D eigenvalue weighted by atomic mass is 10.2. The SMILES string of the molecule is O=C(Cc1ccc(Cl)s1)c1ncn[nH]1. The van der Waals surface area contributed by atoms with Crippen LogP contribution in [0.4, 0.5) is 0 Å². The first-order valence-corrected chi connectivity index (χ1v) is 5.08. The van der Waals surface area contributed by atoms with Crippen LogP contribution in [0.1, 0.15) is 15.5 Å². The fourth-order valence-corrected chi connectivity index (χ4v) is 2.11. The van der Waals surface area contributed by atoms with Crippen molar-refractivity contribution >= 4 is 28.7 Å². The second-order valence-corrected chi connectivity index (χ2v) is 4.44. The first kappa shape index (κ1) is 9.36. The van der Waals surface area contributed by atoms with Crippen molar-refractivity contribution in [2.24, 2.45) is 0 Å². The van der Waals surface area contributed by atoms with Crippen LogP contribution in [0.3, 0.4) is 0 Å². The lowest BCUT2D eigenvalue weighted by molar-refractivity contribution is 0.0984. The Bertz CT molecular complexity index is 437. The summed E-state index contributed by atoms with van der Waals surface area (Å²) in [7, 11) is 0. The van der Waals surface area contributed by atoms with Gasteiger partial charge >= 0.3 is 0 Å². The third kappa shape index (κ3) is 2.00. The number of halogens is 1. The minimum absolute atomic E-state index is 0.0824. The minimum Gasteiger partial charge on any atom is -0.290 e. The predicted octanol–water partition coefficient (Wildman–Crippen LogP) is 1.94. The van der Waals surface area contributed by atoms with Gasteiger partial charge in [-0.1, -0.05) is 11.6 Å². The van der Waals surface area contributed by atoms with Gasteiger partial charge in [0, 0.05) is 11.3 Å². The van der Waals surface area contributed by atoms with Gasteiger partial charge in [0.2, 0.25) is 5.78 Å². The van der Waals surface area contributed by atoms with Crippen LogP contribution in [-0.2, 0) is 6.42 Å². The van der Waals surface area contributed by atoms with Crippen molar-refractivity contribution in [1.29, 1.82) is 0 Å². The summed E-state index contributed by atoms with van der Waals surface area (Å²) < 4.78 is 0.686. The number of hydrogen-bond donors (Lipinski definition) is 1. The third-order valence-corrected chi connectivity index (χ3v) is 2.87. The van der Waals surface area contributed by atoms with Gasteiger partial charge in [0.15, 0.2) is 5.82 Å². The number of nitrogens with zero attached hydrogens (tertiary/aromatic N) is 2. The smallest absolute Gasteiger partial charge is 0.204 e. The van der Waals surface area contributed by atoms with Gasteiger partial charge in [0.05, 0.1) is 4.34 Å². The lowest BCUT2D eigenvalue weighted by Gasteiger charge is -1.92. The minimum atomic E-state index is -0.0824. The molecule has 0 spiro atoms. The number of thiophene rings is 1. The molecule has 0 aliphatic heterocycles. The molecule has 0 aliphatic carbocycles. The summed E-state index contributed by atoms with van der Waals surface area (Å²) in [5, 5.41) is 6.14. The number of rotatable bonds is 3. The predicted molar refractivity (Wildman–Crippen MR) is 53.7 cm³/mol.